The van der Waals surface area contributed by atoms with Gasteiger partial charge in [-0.2, -0.15) is 0 Å². The van der Waals surface area contributed by atoms with Crippen LogP contribution in [0.3, 0.4) is 0 Å². The topological polar surface area (TPSA) is 66.6 Å². The van der Waals surface area contributed by atoms with Gasteiger partial charge in [-0.3, -0.25) is 9.69 Å². The molecule has 0 aliphatic carbocycles. The number of hydrogen-bond donors (Lipinski definition) is 1. The fourth-order valence-corrected chi connectivity index (χ4v) is 3.21. The fourth-order valence-electron chi connectivity index (χ4n) is 3.00. The number of carbonyl (C=O) groups is 2. The van der Waals surface area contributed by atoms with Crippen LogP contribution in [0.15, 0.2) is 17.3 Å². The fraction of sp³-hybridized carbons (Fsp3) is 0.353. The molecule has 0 bridgehead atoms. The number of nitrogens with two attached hydrogens (primary N) is 1. The maximum atomic E-state index is 12.8. The number of benzene rings is 1. The molecule has 122 valence electrons. The number of carbonyl (C=O) groups excluding carboxylic acids is 2. The Morgan fingerprint density at radius 3 is 2.13 bits per heavy atom. The molecule has 1 saturated heterocycles. The minimum atomic E-state index is -0.347. The summed E-state index contributed by atoms with van der Waals surface area (Å²) in [5.74, 6) is -0.300. The number of likely N-dealkylation sites (N-methyl/N-ethyl adjacent to an activating group) is 1. The Balaban J connectivity index is 2.71. The summed E-state index contributed by atoms with van der Waals surface area (Å²) < 4.78 is 0. The van der Waals surface area contributed by atoms with Crippen LogP contribution >= 0.6 is 12.2 Å². The third-order valence-corrected chi connectivity index (χ3v) is 4.46. The minimum absolute atomic E-state index is 0.300. The Morgan fingerprint density at radius 1 is 1.13 bits per heavy atom. The SMILES string of the molecule is CC(C)=C1C(=O)N(c2c(C)cc(C(N)=S)c(C)c2C)C(=O)N1C. The molecule has 23 heavy (non-hydrogen) atoms. The van der Waals surface area contributed by atoms with Crippen molar-refractivity contribution in [2.24, 2.45) is 5.73 Å². The van der Waals surface area contributed by atoms with Crippen molar-refractivity contribution in [3.05, 3.63) is 39.6 Å². The molecule has 2 rings (SSSR count). The summed E-state index contributed by atoms with van der Waals surface area (Å²) in [6, 6.07) is 1.49. The summed E-state index contributed by atoms with van der Waals surface area (Å²) in [4.78, 5) is 28.3. The van der Waals surface area contributed by atoms with Crippen molar-refractivity contribution >= 4 is 34.8 Å². The average Bonchev–Trinajstić information content (AvgIpc) is 2.66. The smallest absolute Gasteiger partial charge is 0.336 e. The number of imide groups is 1. The molecule has 0 atom stereocenters. The van der Waals surface area contributed by atoms with Crippen LogP contribution in [-0.4, -0.2) is 28.9 Å². The van der Waals surface area contributed by atoms with Crippen molar-refractivity contribution in [2.75, 3.05) is 11.9 Å². The van der Waals surface area contributed by atoms with Crippen LogP contribution in [0.5, 0.6) is 0 Å². The number of urea groups is 1. The summed E-state index contributed by atoms with van der Waals surface area (Å²) >= 11 is 5.08. The lowest BCUT2D eigenvalue weighted by Crippen LogP contribution is -2.33. The summed E-state index contributed by atoms with van der Waals surface area (Å²) in [5.41, 5.74) is 10.9. The average molecular weight is 331 g/mol. The zero-order valence-electron chi connectivity index (χ0n) is 14.3. The lowest BCUT2D eigenvalue weighted by atomic mass is 9.96. The van der Waals surface area contributed by atoms with Crippen LogP contribution in [-0.2, 0) is 4.79 Å². The van der Waals surface area contributed by atoms with E-state index in [0.29, 0.717) is 16.4 Å². The third-order valence-electron chi connectivity index (χ3n) is 4.24. The van der Waals surface area contributed by atoms with E-state index in [9.17, 15) is 9.59 Å². The molecule has 5 nitrogen and oxygen atoms in total. The molecule has 1 aliphatic rings. The van der Waals surface area contributed by atoms with Gasteiger partial charge in [0.2, 0.25) is 0 Å². The van der Waals surface area contributed by atoms with Crippen LogP contribution in [0.4, 0.5) is 10.5 Å². The van der Waals surface area contributed by atoms with Crippen LogP contribution in [0.2, 0.25) is 0 Å². The van der Waals surface area contributed by atoms with Crippen molar-refractivity contribution < 1.29 is 9.59 Å². The molecule has 6 heteroatoms. The Morgan fingerprint density at radius 2 is 1.70 bits per heavy atom. The first-order valence-electron chi connectivity index (χ1n) is 7.29. The van der Waals surface area contributed by atoms with Gasteiger partial charge in [0.25, 0.3) is 5.91 Å². The molecule has 1 heterocycles. The monoisotopic (exact) mass is 331 g/mol. The number of hydrogen-bond acceptors (Lipinski definition) is 3. The second kappa shape index (κ2) is 5.77. The van der Waals surface area contributed by atoms with Crippen molar-refractivity contribution in [1.82, 2.24) is 4.90 Å². The molecule has 0 radical (unpaired) electrons. The van der Waals surface area contributed by atoms with Gasteiger partial charge in [-0.25, -0.2) is 9.69 Å². The summed E-state index contributed by atoms with van der Waals surface area (Å²) in [6.45, 7) is 9.26. The molecule has 1 aliphatic heterocycles. The van der Waals surface area contributed by atoms with Gasteiger partial charge in [0.05, 0.1) is 5.69 Å². The van der Waals surface area contributed by atoms with E-state index in [-0.39, 0.29) is 11.9 Å². The van der Waals surface area contributed by atoms with Crippen molar-refractivity contribution in [3.8, 4) is 0 Å². The number of aryl methyl sites for hydroxylation is 1. The number of amides is 3. The lowest BCUT2D eigenvalue weighted by Gasteiger charge is -2.22. The molecule has 0 unspecified atom stereocenters. The van der Waals surface area contributed by atoms with E-state index < -0.39 is 0 Å². The minimum Gasteiger partial charge on any atom is -0.389 e. The molecular weight excluding hydrogens is 310 g/mol. The van der Waals surface area contributed by atoms with Crippen LogP contribution in [0, 0.1) is 20.8 Å². The molecule has 1 aromatic rings. The van der Waals surface area contributed by atoms with Crippen molar-refractivity contribution in [2.45, 2.75) is 34.6 Å². The van der Waals surface area contributed by atoms with Gasteiger partial charge >= 0.3 is 6.03 Å². The van der Waals surface area contributed by atoms with E-state index >= 15 is 0 Å². The largest absolute Gasteiger partial charge is 0.389 e. The summed E-state index contributed by atoms with van der Waals surface area (Å²) in [7, 11) is 1.61. The van der Waals surface area contributed by atoms with Crippen LogP contribution in [0.25, 0.3) is 0 Å². The lowest BCUT2D eigenvalue weighted by molar-refractivity contribution is -0.114. The predicted molar refractivity (Wildman–Crippen MR) is 95.6 cm³/mol. The second-order valence-corrected chi connectivity index (χ2v) is 6.47. The zero-order chi connectivity index (χ0) is 17.6. The maximum Gasteiger partial charge on any atom is 0.336 e. The van der Waals surface area contributed by atoms with Gasteiger partial charge in [0.1, 0.15) is 10.7 Å². The normalized spacial score (nSPS) is 14.8. The van der Waals surface area contributed by atoms with Crippen molar-refractivity contribution in [1.29, 1.82) is 0 Å². The van der Waals surface area contributed by atoms with Gasteiger partial charge < -0.3 is 5.73 Å². The Kier molecular flexibility index (Phi) is 4.30. The summed E-state index contributed by atoms with van der Waals surface area (Å²) in [5, 5.41) is 0. The zero-order valence-corrected chi connectivity index (χ0v) is 15.1. The Hall–Kier alpha value is -2.21. The highest BCUT2D eigenvalue weighted by atomic mass is 32.1. The molecule has 1 fully saturated rings. The van der Waals surface area contributed by atoms with E-state index in [1.807, 2.05) is 40.7 Å². The molecule has 3 amide bonds. The molecule has 2 N–H and O–H groups in total. The summed E-state index contributed by atoms with van der Waals surface area (Å²) in [6.07, 6.45) is 0. The van der Waals surface area contributed by atoms with Gasteiger partial charge in [0.15, 0.2) is 0 Å². The van der Waals surface area contributed by atoms with Crippen LogP contribution in [0.1, 0.15) is 36.1 Å². The highest BCUT2D eigenvalue weighted by molar-refractivity contribution is 7.80. The van der Waals surface area contributed by atoms with Gasteiger partial charge in [-0.15, -0.1) is 0 Å². The quantitative estimate of drug-likeness (QED) is 0.514. The van der Waals surface area contributed by atoms with E-state index in [4.69, 9.17) is 18.0 Å². The number of anilines is 1. The first-order chi connectivity index (χ1) is 10.6. The Labute approximate surface area is 141 Å². The third kappa shape index (κ3) is 2.53. The number of thiocarbonyl (C=S) groups is 1. The number of allylic oxidation sites excluding steroid dienone is 1. The first-order valence-corrected chi connectivity index (χ1v) is 7.70. The highest BCUT2D eigenvalue weighted by Crippen LogP contribution is 2.35. The van der Waals surface area contributed by atoms with E-state index in [1.54, 1.807) is 7.05 Å². The standard InChI is InChI=1S/C17H21N3O2S/c1-8(2)13-16(21)20(17(22)19(13)6)14-9(3)7-12(15(18)23)10(4)11(14)5/h7H,1-6H3,(H2,18,23). The number of nitrogens with zero attached hydrogens (tertiary/aromatic N) is 2. The van der Waals surface area contributed by atoms with E-state index in [0.717, 1.165) is 27.8 Å². The van der Waals surface area contributed by atoms with Gasteiger partial charge in [0, 0.05) is 12.6 Å². The molecule has 0 saturated carbocycles. The van der Waals surface area contributed by atoms with Gasteiger partial charge in [-0.05, 0) is 62.9 Å². The van der Waals surface area contributed by atoms with E-state index in [1.165, 1.54) is 9.80 Å². The highest BCUT2D eigenvalue weighted by Gasteiger charge is 2.41. The Bertz CT molecular complexity index is 777. The molecule has 0 aromatic heterocycles. The first kappa shape index (κ1) is 17.1. The van der Waals surface area contributed by atoms with Crippen molar-refractivity contribution in [3.63, 3.8) is 0 Å². The maximum absolute atomic E-state index is 12.8. The van der Waals surface area contributed by atoms with Gasteiger partial charge in [-0.1, -0.05) is 12.2 Å². The molecular formula is C17H21N3O2S. The predicted octanol–water partition coefficient (Wildman–Crippen LogP) is 2.94. The molecule has 1 aromatic carbocycles. The second-order valence-electron chi connectivity index (χ2n) is 6.03. The van der Waals surface area contributed by atoms with Crippen LogP contribution < -0.4 is 10.6 Å². The number of rotatable bonds is 2. The molecule has 0 spiro atoms. The van der Waals surface area contributed by atoms with E-state index in [2.05, 4.69) is 0 Å².